The molecule has 2 aromatic rings. The Morgan fingerprint density at radius 3 is 2.00 bits per heavy atom. The van der Waals surface area contributed by atoms with Crippen LogP contribution >= 0.6 is 0 Å². The summed E-state index contributed by atoms with van der Waals surface area (Å²) in [5.74, 6) is -1.39. The van der Waals surface area contributed by atoms with E-state index in [-0.39, 0.29) is 11.3 Å². The second-order valence-electron chi connectivity index (χ2n) is 10.0. The second-order valence-corrected chi connectivity index (χ2v) is 10.0. The summed E-state index contributed by atoms with van der Waals surface area (Å²) >= 11 is 0. The lowest BCUT2D eigenvalue weighted by atomic mass is 10.00. The molecule has 0 spiro atoms. The summed E-state index contributed by atoms with van der Waals surface area (Å²) in [6, 6.07) is 10.4. The van der Waals surface area contributed by atoms with Crippen molar-refractivity contribution in [2.45, 2.75) is 97.2 Å². The fourth-order valence-electron chi connectivity index (χ4n) is 4.69. The normalized spacial score (nSPS) is 17.9. The van der Waals surface area contributed by atoms with Gasteiger partial charge in [0.05, 0.1) is 19.8 Å². The van der Waals surface area contributed by atoms with Crippen LogP contribution in [-0.4, -0.2) is 19.8 Å². The number of benzene rings is 2. The molecule has 0 atom stereocenters. The van der Waals surface area contributed by atoms with Crippen LogP contribution in [0.4, 0.5) is 8.78 Å². The lowest BCUT2D eigenvalue weighted by Crippen LogP contribution is -2.27. The van der Waals surface area contributed by atoms with Crippen LogP contribution in [0.25, 0.3) is 11.1 Å². The molecule has 5 heteroatoms. The molecule has 1 fully saturated rings. The molecule has 0 radical (unpaired) electrons. The van der Waals surface area contributed by atoms with Gasteiger partial charge in [-0.3, -0.25) is 0 Å². The molecule has 0 N–H and O–H groups in total. The molecule has 1 aliphatic rings. The van der Waals surface area contributed by atoms with Gasteiger partial charge >= 0.3 is 0 Å². The first-order valence-electron chi connectivity index (χ1n) is 14.1. The Labute approximate surface area is 216 Å². The van der Waals surface area contributed by atoms with E-state index in [0.29, 0.717) is 31.3 Å². The molecule has 1 saturated heterocycles. The standard InChI is InChI=1S/C31H44F2O3/c1-3-5-7-9-10-12-14-24-22-35-31(36-23-24)26-17-15-25(16-18-26)27-19-20-28(30(33)29(27)32)34-21-13-11-8-6-4-2/h15-20,24,31H,3-14,21-23H2,1-2H3. The van der Waals surface area contributed by atoms with Crippen molar-refractivity contribution in [1.29, 1.82) is 0 Å². The summed E-state index contributed by atoms with van der Waals surface area (Å²) in [4.78, 5) is 0. The SMILES string of the molecule is CCCCCCCCC1COC(c2ccc(-c3ccc(OCCCCCCC)c(F)c3F)cc2)OC1. The van der Waals surface area contributed by atoms with Gasteiger partial charge in [0.25, 0.3) is 0 Å². The van der Waals surface area contributed by atoms with Gasteiger partial charge in [0.2, 0.25) is 5.82 Å². The highest BCUT2D eigenvalue weighted by Crippen LogP contribution is 2.32. The van der Waals surface area contributed by atoms with Gasteiger partial charge in [-0.15, -0.1) is 0 Å². The van der Waals surface area contributed by atoms with Crippen LogP contribution in [0.2, 0.25) is 0 Å². The van der Waals surface area contributed by atoms with E-state index in [0.717, 1.165) is 31.2 Å². The molecular weight excluding hydrogens is 458 g/mol. The Morgan fingerprint density at radius 2 is 1.33 bits per heavy atom. The van der Waals surface area contributed by atoms with E-state index in [2.05, 4.69) is 13.8 Å². The van der Waals surface area contributed by atoms with Crippen LogP contribution in [0.1, 0.15) is 103 Å². The summed E-state index contributed by atoms with van der Waals surface area (Å²) < 4.78 is 46.9. The second kappa shape index (κ2) is 16.0. The van der Waals surface area contributed by atoms with Crippen LogP contribution in [0.3, 0.4) is 0 Å². The summed E-state index contributed by atoms with van der Waals surface area (Å²) in [5.41, 5.74) is 1.72. The zero-order valence-electron chi connectivity index (χ0n) is 22.2. The van der Waals surface area contributed by atoms with Crippen LogP contribution in [0.5, 0.6) is 5.75 Å². The van der Waals surface area contributed by atoms with E-state index in [1.165, 1.54) is 57.4 Å². The smallest absolute Gasteiger partial charge is 0.201 e. The number of rotatable bonds is 16. The van der Waals surface area contributed by atoms with Crippen molar-refractivity contribution in [1.82, 2.24) is 0 Å². The van der Waals surface area contributed by atoms with E-state index in [9.17, 15) is 8.78 Å². The molecule has 1 heterocycles. The Hall–Kier alpha value is -1.98. The fraction of sp³-hybridized carbons (Fsp3) is 0.613. The number of halogens is 2. The molecule has 3 rings (SSSR count). The van der Waals surface area contributed by atoms with E-state index >= 15 is 0 Å². The minimum Gasteiger partial charge on any atom is -0.490 e. The fourth-order valence-corrected chi connectivity index (χ4v) is 4.69. The molecule has 0 unspecified atom stereocenters. The molecule has 0 amide bonds. The van der Waals surface area contributed by atoms with Gasteiger partial charge in [0, 0.05) is 17.0 Å². The summed E-state index contributed by atoms with van der Waals surface area (Å²) in [7, 11) is 0. The third kappa shape index (κ3) is 8.85. The predicted octanol–water partition coefficient (Wildman–Crippen LogP) is 9.39. The first-order valence-corrected chi connectivity index (χ1v) is 14.1. The zero-order chi connectivity index (χ0) is 25.6. The minimum absolute atomic E-state index is 0.0251. The van der Waals surface area contributed by atoms with E-state index in [1.807, 2.05) is 12.1 Å². The van der Waals surface area contributed by atoms with E-state index in [4.69, 9.17) is 14.2 Å². The average molecular weight is 503 g/mol. The van der Waals surface area contributed by atoms with Crippen LogP contribution in [0.15, 0.2) is 36.4 Å². The first-order chi connectivity index (χ1) is 17.6. The first kappa shape index (κ1) is 28.6. The highest BCUT2D eigenvalue weighted by atomic mass is 19.2. The van der Waals surface area contributed by atoms with Gasteiger partial charge in [0.1, 0.15) is 0 Å². The van der Waals surface area contributed by atoms with Crippen molar-refractivity contribution < 1.29 is 23.0 Å². The van der Waals surface area contributed by atoms with E-state index < -0.39 is 17.9 Å². The van der Waals surface area contributed by atoms with Crippen molar-refractivity contribution in [2.24, 2.45) is 5.92 Å². The highest BCUT2D eigenvalue weighted by molar-refractivity contribution is 5.65. The molecule has 200 valence electrons. The van der Waals surface area contributed by atoms with Crippen LogP contribution < -0.4 is 4.74 Å². The van der Waals surface area contributed by atoms with E-state index in [1.54, 1.807) is 18.2 Å². The summed E-state index contributed by atoms with van der Waals surface area (Å²) in [6.07, 6.45) is 13.9. The third-order valence-electron chi connectivity index (χ3n) is 6.98. The maximum absolute atomic E-state index is 14.8. The topological polar surface area (TPSA) is 27.7 Å². The van der Waals surface area contributed by atoms with Gasteiger partial charge in [-0.25, -0.2) is 4.39 Å². The summed E-state index contributed by atoms with van der Waals surface area (Å²) in [6.45, 7) is 6.19. The molecule has 0 saturated carbocycles. The predicted molar refractivity (Wildman–Crippen MR) is 142 cm³/mol. The van der Waals surface area contributed by atoms with Gasteiger partial charge in [0.15, 0.2) is 17.9 Å². The van der Waals surface area contributed by atoms with Gasteiger partial charge in [-0.2, -0.15) is 4.39 Å². The number of unbranched alkanes of at least 4 members (excludes halogenated alkanes) is 9. The number of hydrogen-bond acceptors (Lipinski definition) is 3. The van der Waals surface area contributed by atoms with Crippen molar-refractivity contribution in [3.63, 3.8) is 0 Å². The molecule has 36 heavy (non-hydrogen) atoms. The maximum Gasteiger partial charge on any atom is 0.201 e. The van der Waals surface area contributed by atoms with Crippen molar-refractivity contribution in [3.8, 4) is 16.9 Å². The van der Waals surface area contributed by atoms with Crippen molar-refractivity contribution in [3.05, 3.63) is 53.6 Å². The summed E-state index contributed by atoms with van der Waals surface area (Å²) in [5, 5.41) is 0. The van der Waals surface area contributed by atoms with Crippen LogP contribution in [-0.2, 0) is 9.47 Å². The molecule has 2 aromatic carbocycles. The maximum atomic E-state index is 14.8. The Bertz CT molecular complexity index is 876. The molecular formula is C31H44F2O3. The molecule has 0 aliphatic carbocycles. The lowest BCUT2D eigenvalue weighted by molar-refractivity contribution is -0.206. The van der Waals surface area contributed by atoms with Gasteiger partial charge < -0.3 is 14.2 Å². The lowest BCUT2D eigenvalue weighted by Gasteiger charge is -2.29. The van der Waals surface area contributed by atoms with Crippen molar-refractivity contribution in [2.75, 3.05) is 19.8 Å². The van der Waals surface area contributed by atoms with Crippen molar-refractivity contribution >= 4 is 0 Å². The minimum atomic E-state index is -0.930. The third-order valence-corrected chi connectivity index (χ3v) is 6.98. The molecule has 3 nitrogen and oxygen atoms in total. The zero-order valence-corrected chi connectivity index (χ0v) is 22.2. The van der Waals surface area contributed by atoms with Gasteiger partial charge in [-0.05, 0) is 30.5 Å². The molecule has 1 aliphatic heterocycles. The number of hydrogen-bond donors (Lipinski definition) is 0. The molecule has 0 bridgehead atoms. The Morgan fingerprint density at radius 1 is 0.722 bits per heavy atom. The quantitative estimate of drug-likeness (QED) is 0.214. The number of ether oxygens (including phenoxy) is 3. The monoisotopic (exact) mass is 502 g/mol. The molecule has 0 aromatic heterocycles. The largest absolute Gasteiger partial charge is 0.490 e. The van der Waals surface area contributed by atoms with Gasteiger partial charge in [-0.1, -0.05) is 102 Å². The highest BCUT2D eigenvalue weighted by Gasteiger charge is 2.23. The Kier molecular flexibility index (Phi) is 12.7. The van der Waals surface area contributed by atoms with Crippen LogP contribution in [0, 0.1) is 17.6 Å². The average Bonchev–Trinajstić information content (AvgIpc) is 2.91. The Balaban J connectivity index is 1.46.